The molecule has 0 bridgehead atoms. The highest BCUT2D eigenvalue weighted by Gasteiger charge is 2.37. The lowest BCUT2D eigenvalue weighted by molar-refractivity contribution is 0.0562. The average molecular weight is 349 g/mol. The Hall–Kier alpha value is -1.89. The first-order chi connectivity index (χ1) is 11.5. The van der Waals surface area contributed by atoms with Crippen molar-refractivity contribution in [3.8, 4) is 0 Å². The maximum Gasteiger partial charge on any atom is 0.285 e. The van der Waals surface area contributed by atoms with Gasteiger partial charge in [0.2, 0.25) is 0 Å². The van der Waals surface area contributed by atoms with E-state index >= 15 is 0 Å². The van der Waals surface area contributed by atoms with E-state index in [1.807, 2.05) is 18.2 Å². The Morgan fingerprint density at radius 1 is 1.42 bits per heavy atom. The van der Waals surface area contributed by atoms with Crippen LogP contribution >= 0.6 is 11.6 Å². The highest BCUT2D eigenvalue weighted by atomic mass is 35.5. The van der Waals surface area contributed by atoms with Crippen molar-refractivity contribution in [2.75, 3.05) is 31.6 Å². The summed E-state index contributed by atoms with van der Waals surface area (Å²) in [6.07, 6.45) is 2.18. The zero-order valence-electron chi connectivity index (χ0n) is 13.6. The van der Waals surface area contributed by atoms with Crippen LogP contribution in [0.4, 0.5) is 5.69 Å². The normalized spacial score (nSPS) is 21.1. The quantitative estimate of drug-likeness (QED) is 0.856. The van der Waals surface area contributed by atoms with Gasteiger partial charge in [0.25, 0.3) is 5.56 Å². The molecule has 3 rings (SSSR count). The van der Waals surface area contributed by atoms with Crippen LogP contribution in [0.25, 0.3) is 0 Å². The van der Waals surface area contributed by atoms with Gasteiger partial charge in [0, 0.05) is 33.2 Å². The average Bonchev–Trinajstić information content (AvgIpc) is 2.91. The molecule has 24 heavy (non-hydrogen) atoms. The summed E-state index contributed by atoms with van der Waals surface area (Å²) in [5.74, 6) is 0. The topological polar surface area (TPSA) is 72.5 Å². The van der Waals surface area contributed by atoms with Crippen molar-refractivity contribution in [1.82, 2.24) is 15.1 Å². The molecule has 1 aromatic heterocycles. The van der Waals surface area contributed by atoms with Crippen LogP contribution < -0.4 is 10.5 Å². The zero-order chi connectivity index (χ0) is 17.2. The van der Waals surface area contributed by atoms with Crippen molar-refractivity contribution in [2.24, 2.45) is 0 Å². The monoisotopic (exact) mass is 348 g/mol. The molecule has 2 N–H and O–H groups in total. The van der Waals surface area contributed by atoms with Gasteiger partial charge in [-0.2, -0.15) is 5.10 Å². The number of likely N-dealkylation sites (N-methyl/N-ethyl adjacent to an activating group) is 1. The molecule has 0 spiro atoms. The molecule has 1 unspecified atom stereocenters. The first-order valence-electron chi connectivity index (χ1n) is 7.90. The third kappa shape index (κ3) is 3.77. The SMILES string of the molecule is CN(CC1(O)CCN(Cc2ccccc2)C1)c1cn[nH]c(=O)c1Cl. The minimum Gasteiger partial charge on any atom is -0.387 e. The van der Waals surface area contributed by atoms with Crippen LogP contribution in [0.5, 0.6) is 0 Å². The van der Waals surface area contributed by atoms with Crippen molar-refractivity contribution in [3.63, 3.8) is 0 Å². The number of aliphatic hydroxyl groups is 1. The van der Waals surface area contributed by atoms with Crippen LogP contribution in [0.15, 0.2) is 41.3 Å². The van der Waals surface area contributed by atoms with E-state index in [1.54, 1.807) is 11.9 Å². The highest BCUT2D eigenvalue weighted by molar-refractivity contribution is 6.32. The number of anilines is 1. The van der Waals surface area contributed by atoms with E-state index in [2.05, 4.69) is 27.2 Å². The third-order valence-electron chi connectivity index (χ3n) is 4.38. The maximum absolute atomic E-state index is 11.6. The predicted octanol–water partition coefficient (Wildman–Crippen LogP) is 1.50. The van der Waals surface area contributed by atoms with E-state index in [1.165, 1.54) is 11.8 Å². The van der Waals surface area contributed by atoms with Gasteiger partial charge in [0.1, 0.15) is 5.02 Å². The fourth-order valence-corrected chi connectivity index (χ4v) is 3.45. The van der Waals surface area contributed by atoms with Crippen LogP contribution in [0.2, 0.25) is 5.02 Å². The smallest absolute Gasteiger partial charge is 0.285 e. The maximum atomic E-state index is 11.6. The minimum absolute atomic E-state index is 0.0928. The van der Waals surface area contributed by atoms with Gasteiger partial charge in [-0.25, -0.2) is 5.10 Å². The summed E-state index contributed by atoms with van der Waals surface area (Å²) in [5.41, 5.74) is 0.493. The lowest BCUT2D eigenvalue weighted by Gasteiger charge is -2.30. The van der Waals surface area contributed by atoms with Crippen molar-refractivity contribution < 1.29 is 5.11 Å². The van der Waals surface area contributed by atoms with E-state index in [9.17, 15) is 9.90 Å². The van der Waals surface area contributed by atoms with E-state index < -0.39 is 11.2 Å². The third-order valence-corrected chi connectivity index (χ3v) is 4.75. The van der Waals surface area contributed by atoms with E-state index in [4.69, 9.17) is 11.6 Å². The number of halogens is 1. The van der Waals surface area contributed by atoms with Gasteiger partial charge in [0.05, 0.1) is 17.5 Å². The molecular formula is C17H21ClN4O2. The molecule has 1 aliphatic heterocycles. The lowest BCUT2D eigenvalue weighted by atomic mass is 10.0. The second-order valence-corrected chi connectivity index (χ2v) is 6.80. The Bertz CT molecular complexity index is 752. The molecule has 128 valence electrons. The van der Waals surface area contributed by atoms with E-state index in [0.717, 1.165) is 13.1 Å². The molecule has 1 aromatic carbocycles. The summed E-state index contributed by atoms with van der Waals surface area (Å²) in [6.45, 7) is 2.63. The molecule has 2 aromatic rings. The number of hydrogen-bond acceptors (Lipinski definition) is 5. The van der Waals surface area contributed by atoms with Gasteiger partial charge >= 0.3 is 0 Å². The molecule has 2 heterocycles. The second kappa shape index (κ2) is 6.93. The fourth-order valence-electron chi connectivity index (χ4n) is 3.21. The first kappa shape index (κ1) is 17.0. The van der Waals surface area contributed by atoms with Gasteiger partial charge in [-0.3, -0.25) is 9.69 Å². The van der Waals surface area contributed by atoms with Gasteiger partial charge in [-0.15, -0.1) is 0 Å². The molecule has 7 heteroatoms. The number of rotatable bonds is 5. The number of likely N-dealkylation sites (tertiary alicyclic amines) is 1. The minimum atomic E-state index is -0.838. The van der Waals surface area contributed by atoms with Crippen molar-refractivity contribution in [3.05, 3.63) is 57.5 Å². The second-order valence-electron chi connectivity index (χ2n) is 6.43. The van der Waals surface area contributed by atoms with Crippen LogP contribution in [0, 0.1) is 0 Å². The largest absolute Gasteiger partial charge is 0.387 e. The Morgan fingerprint density at radius 2 is 2.17 bits per heavy atom. The van der Waals surface area contributed by atoms with E-state index in [-0.39, 0.29) is 5.02 Å². The molecule has 0 aliphatic carbocycles. The number of β-amino-alcohol motifs (C(OH)–C–C–N with tert-alkyl or cyclic N) is 1. The van der Waals surface area contributed by atoms with Gasteiger partial charge in [-0.1, -0.05) is 41.9 Å². The number of aromatic nitrogens is 2. The molecule has 1 saturated heterocycles. The molecule has 1 atom stereocenters. The molecule has 0 saturated carbocycles. The molecule has 0 radical (unpaired) electrons. The summed E-state index contributed by atoms with van der Waals surface area (Å²) in [5, 5.41) is 17.1. The number of nitrogens with one attached hydrogen (secondary N) is 1. The van der Waals surface area contributed by atoms with Crippen LogP contribution in [0.3, 0.4) is 0 Å². The van der Waals surface area contributed by atoms with Crippen LogP contribution in [-0.4, -0.2) is 52.5 Å². The summed E-state index contributed by atoms with van der Waals surface area (Å²) in [7, 11) is 1.81. The molecule has 1 fully saturated rings. The van der Waals surface area contributed by atoms with Gasteiger partial charge in [-0.05, 0) is 12.0 Å². The molecular weight excluding hydrogens is 328 g/mol. The van der Waals surface area contributed by atoms with Gasteiger partial charge in [0.15, 0.2) is 0 Å². The number of hydrogen-bond donors (Lipinski definition) is 2. The number of H-pyrrole nitrogens is 1. The Kier molecular flexibility index (Phi) is 4.89. The molecule has 0 amide bonds. The summed E-state index contributed by atoms with van der Waals surface area (Å²) < 4.78 is 0. The number of benzene rings is 1. The molecule has 1 aliphatic rings. The number of aromatic amines is 1. The predicted molar refractivity (Wildman–Crippen MR) is 94.4 cm³/mol. The van der Waals surface area contributed by atoms with Crippen molar-refractivity contribution >= 4 is 17.3 Å². The Labute approximate surface area is 145 Å². The fraction of sp³-hybridized carbons (Fsp3) is 0.412. The molecule has 6 nitrogen and oxygen atoms in total. The van der Waals surface area contributed by atoms with Crippen molar-refractivity contribution in [2.45, 2.75) is 18.6 Å². The summed E-state index contributed by atoms with van der Waals surface area (Å²) in [4.78, 5) is 15.6. The lowest BCUT2D eigenvalue weighted by Crippen LogP contribution is -2.44. The van der Waals surface area contributed by atoms with Gasteiger partial charge < -0.3 is 10.0 Å². The highest BCUT2D eigenvalue weighted by Crippen LogP contribution is 2.27. The Balaban J connectivity index is 1.65. The Morgan fingerprint density at radius 3 is 2.92 bits per heavy atom. The first-order valence-corrected chi connectivity index (χ1v) is 8.28. The van der Waals surface area contributed by atoms with Crippen LogP contribution in [0.1, 0.15) is 12.0 Å². The van der Waals surface area contributed by atoms with Crippen molar-refractivity contribution in [1.29, 1.82) is 0 Å². The summed E-state index contributed by atoms with van der Waals surface area (Å²) >= 11 is 6.04. The number of nitrogens with zero attached hydrogens (tertiary/aromatic N) is 3. The van der Waals surface area contributed by atoms with Crippen LogP contribution in [-0.2, 0) is 6.54 Å². The zero-order valence-corrected chi connectivity index (χ0v) is 14.3. The van der Waals surface area contributed by atoms with E-state index in [0.29, 0.717) is 25.2 Å². The standard InChI is InChI=1S/C17H21ClN4O2/c1-21(14-9-19-20-16(23)15(14)18)11-17(24)7-8-22(12-17)10-13-5-3-2-4-6-13/h2-6,9,24H,7-8,10-12H2,1H3,(H,20,23). The summed E-state index contributed by atoms with van der Waals surface area (Å²) in [6, 6.07) is 10.2.